The molecule has 0 aromatic carbocycles. The maximum Gasteiger partial charge on any atom is 0.324 e. The first-order valence-corrected chi connectivity index (χ1v) is 5.66. The van der Waals surface area contributed by atoms with Gasteiger partial charge in [0.05, 0.1) is 12.4 Å². The summed E-state index contributed by atoms with van der Waals surface area (Å²) in [4.78, 5) is 11.0. The number of hydrogen-bond donors (Lipinski definition) is 0. The zero-order valence-electron chi connectivity index (χ0n) is 7.82. The van der Waals surface area contributed by atoms with Crippen molar-refractivity contribution >= 4 is 15.8 Å². The first-order valence-electron chi connectivity index (χ1n) is 3.94. The summed E-state index contributed by atoms with van der Waals surface area (Å²) in [6, 6.07) is 0. The molecule has 0 heterocycles. The van der Waals surface area contributed by atoms with Crippen LogP contribution in [0.3, 0.4) is 0 Å². The third-order valence-electron chi connectivity index (χ3n) is 1.51. The van der Waals surface area contributed by atoms with Crippen LogP contribution in [0.1, 0.15) is 13.8 Å². The molecule has 0 radical (unpaired) electrons. The Bertz CT molecular complexity index is 279. The van der Waals surface area contributed by atoms with Crippen molar-refractivity contribution in [3.63, 3.8) is 0 Å². The number of carbonyl (C=O) groups is 1. The lowest BCUT2D eigenvalue weighted by Gasteiger charge is -2.09. The molecule has 0 aromatic heterocycles. The molecule has 0 aliphatic carbocycles. The van der Waals surface area contributed by atoms with Crippen LogP contribution in [-0.4, -0.2) is 32.0 Å². The van der Waals surface area contributed by atoms with Gasteiger partial charge in [0.25, 0.3) is 0 Å². The van der Waals surface area contributed by atoms with Crippen molar-refractivity contribution in [2.45, 2.75) is 19.1 Å². The Hall–Kier alpha value is -0.840. The normalized spacial score (nSPS) is 13.4. The number of carbonyl (C=O) groups excluding carboxylic acids is 1. The van der Waals surface area contributed by atoms with E-state index in [9.17, 15) is 13.2 Å². The molecule has 0 aromatic rings. The number of ether oxygens (including phenoxy) is 1. The number of sulfone groups is 1. The van der Waals surface area contributed by atoms with Gasteiger partial charge in [-0.15, -0.1) is 6.58 Å². The first-order chi connectivity index (χ1) is 5.95. The largest absolute Gasteiger partial charge is 0.465 e. The van der Waals surface area contributed by atoms with Crippen molar-refractivity contribution in [3.8, 4) is 0 Å². The summed E-state index contributed by atoms with van der Waals surface area (Å²) in [5.74, 6) is -0.906. The lowest BCUT2D eigenvalue weighted by Crippen LogP contribution is -2.30. The molecule has 0 saturated heterocycles. The van der Waals surface area contributed by atoms with Gasteiger partial charge in [0.15, 0.2) is 15.1 Å². The second-order valence-corrected chi connectivity index (χ2v) is 4.88. The van der Waals surface area contributed by atoms with Gasteiger partial charge in [0.2, 0.25) is 0 Å². The fourth-order valence-electron chi connectivity index (χ4n) is 0.715. The molecule has 0 bridgehead atoms. The molecule has 0 rings (SSSR count). The molecule has 0 aliphatic heterocycles. The topological polar surface area (TPSA) is 60.4 Å². The second kappa shape index (κ2) is 5.01. The molecule has 0 spiro atoms. The fourth-order valence-corrected chi connectivity index (χ4v) is 1.69. The van der Waals surface area contributed by atoms with Gasteiger partial charge < -0.3 is 4.74 Å². The Morgan fingerprint density at radius 1 is 1.62 bits per heavy atom. The Morgan fingerprint density at radius 3 is 2.54 bits per heavy atom. The molecule has 4 nitrogen and oxygen atoms in total. The summed E-state index contributed by atoms with van der Waals surface area (Å²) in [6.45, 7) is 6.44. The summed E-state index contributed by atoms with van der Waals surface area (Å²) in [7, 11) is -3.42. The molecular formula is C8H14O4S. The van der Waals surface area contributed by atoms with E-state index >= 15 is 0 Å². The van der Waals surface area contributed by atoms with Crippen molar-refractivity contribution < 1.29 is 17.9 Å². The van der Waals surface area contributed by atoms with Crippen LogP contribution in [0.25, 0.3) is 0 Å². The van der Waals surface area contributed by atoms with Crippen LogP contribution >= 0.6 is 0 Å². The van der Waals surface area contributed by atoms with E-state index in [1.54, 1.807) is 6.92 Å². The monoisotopic (exact) mass is 206 g/mol. The van der Waals surface area contributed by atoms with Gasteiger partial charge in [-0.05, 0) is 13.8 Å². The molecule has 0 fully saturated rings. The van der Waals surface area contributed by atoms with E-state index in [1.807, 2.05) is 0 Å². The predicted molar refractivity (Wildman–Crippen MR) is 50.1 cm³/mol. The summed E-state index contributed by atoms with van der Waals surface area (Å²) in [5.41, 5.74) is 0. The van der Waals surface area contributed by atoms with Crippen molar-refractivity contribution in [2.75, 3.05) is 12.4 Å². The van der Waals surface area contributed by atoms with Gasteiger partial charge >= 0.3 is 5.97 Å². The maximum atomic E-state index is 11.3. The number of rotatable bonds is 5. The standard InChI is InChI=1S/C8H14O4S/c1-4-6-13(10,11)7(3)8(9)12-5-2/h4,7H,1,5-6H2,2-3H3/t7-/m1/s1. The molecular weight excluding hydrogens is 192 g/mol. The van der Waals surface area contributed by atoms with Gasteiger partial charge in [0.1, 0.15) is 0 Å². The van der Waals surface area contributed by atoms with Crippen molar-refractivity contribution in [1.29, 1.82) is 0 Å². The van der Waals surface area contributed by atoms with E-state index in [-0.39, 0.29) is 12.4 Å². The molecule has 0 amide bonds. The Labute approximate surface area is 78.5 Å². The minimum Gasteiger partial charge on any atom is -0.465 e. The molecule has 5 heteroatoms. The second-order valence-electron chi connectivity index (χ2n) is 2.51. The van der Waals surface area contributed by atoms with Crippen LogP contribution in [0.2, 0.25) is 0 Å². The average Bonchev–Trinajstić information content (AvgIpc) is 2.03. The highest BCUT2D eigenvalue weighted by atomic mass is 32.2. The number of hydrogen-bond acceptors (Lipinski definition) is 4. The highest BCUT2D eigenvalue weighted by molar-refractivity contribution is 7.92. The van der Waals surface area contributed by atoms with Crippen LogP contribution in [0.4, 0.5) is 0 Å². The zero-order valence-corrected chi connectivity index (χ0v) is 8.63. The van der Waals surface area contributed by atoms with E-state index in [4.69, 9.17) is 0 Å². The molecule has 0 N–H and O–H groups in total. The lowest BCUT2D eigenvalue weighted by molar-refractivity contribution is -0.142. The minimum absolute atomic E-state index is 0.187. The van der Waals surface area contributed by atoms with E-state index in [2.05, 4.69) is 11.3 Å². The number of esters is 1. The highest BCUT2D eigenvalue weighted by Gasteiger charge is 2.27. The van der Waals surface area contributed by atoms with Gasteiger partial charge in [-0.1, -0.05) is 6.08 Å². The Kier molecular flexibility index (Phi) is 4.69. The average molecular weight is 206 g/mol. The van der Waals surface area contributed by atoms with Gasteiger partial charge in [-0.3, -0.25) is 4.79 Å². The SMILES string of the molecule is C=CCS(=O)(=O)[C@H](C)C(=O)OCC. The van der Waals surface area contributed by atoms with Crippen LogP contribution in [-0.2, 0) is 19.4 Å². The van der Waals surface area contributed by atoms with Crippen LogP contribution in [0.15, 0.2) is 12.7 Å². The van der Waals surface area contributed by atoms with E-state index in [0.717, 1.165) is 0 Å². The summed E-state index contributed by atoms with van der Waals surface area (Å²) >= 11 is 0. The van der Waals surface area contributed by atoms with Gasteiger partial charge in [0, 0.05) is 0 Å². The molecule has 0 unspecified atom stereocenters. The maximum absolute atomic E-state index is 11.3. The summed E-state index contributed by atoms with van der Waals surface area (Å²) in [6.07, 6.45) is 1.26. The van der Waals surface area contributed by atoms with Crippen LogP contribution in [0, 0.1) is 0 Å². The first kappa shape index (κ1) is 12.2. The van der Waals surface area contributed by atoms with Crippen molar-refractivity contribution in [2.24, 2.45) is 0 Å². The van der Waals surface area contributed by atoms with Crippen LogP contribution < -0.4 is 0 Å². The van der Waals surface area contributed by atoms with Crippen molar-refractivity contribution in [1.82, 2.24) is 0 Å². The Balaban J connectivity index is 4.49. The molecule has 0 saturated carbocycles. The lowest BCUT2D eigenvalue weighted by atomic mass is 10.5. The van der Waals surface area contributed by atoms with Crippen molar-refractivity contribution in [3.05, 3.63) is 12.7 Å². The van der Waals surface area contributed by atoms with E-state index < -0.39 is 21.1 Å². The van der Waals surface area contributed by atoms with E-state index in [0.29, 0.717) is 0 Å². The molecule has 0 aliphatic rings. The quantitative estimate of drug-likeness (QED) is 0.486. The summed E-state index contributed by atoms with van der Waals surface area (Å²) in [5, 5.41) is -1.11. The van der Waals surface area contributed by atoms with E-state index in [1.165, 1.54) is 13.0 Å². The summed E-state index contributed by atoms with van der Waals surface area (Å²) < 4.78 is 27.1. The fraction of sp³-hybridized carbons (Fsp3) is 0.625. The minimum atomic E-state index is -3.42. The van der Waals surface area contributed by atoms with Gasteiger partial charge in [-0.25, -0.2) is 8.42 Å². The third kappa shape index (κ3) is 3.59. The smallest absolute Gasteiger partial charge is 0.324 e. The third-order valence-corrected chi connectivity index (χ3v) is 3.48. The Morgan fingerprint density at radius 2 is 2.15 bits per heavy atom. The molecule has 76 valence electrons. The molecule has 13 heavy (non-hydrogen) atoms. The molecule has 1 atom stereocenters. The zero-order chi connectivity index (χ0) is 10.5. The van der Waals surface area contributed by atoms with Crippen LogP contribution in [0.5, 0.6) is 0 Å². The highest BCUT2D eigenvalue weighted by Crippen LogP contribution is 2.04. The van der Waals surface area contributed by atoms with Gasteiger partial charge in [-0.2, -0.15) is 0 Å². The predicted octanol–water partition coefficient (Wildman–Crippen LogP) is 0.539.